The third-order valence-corrected chi connectivity index (χ3v) is 7.82. The molecule has 2 rings (SSSR count). The van der Waals surface area contributed by atoms with Crippen LogP contribution in [-0.4, -0.2) is 25.3 Å². The molecule has 2 amide bonds. The van der Waals surface area contributed by atoms with E-state index in [1.165, 1.54) is 30.6 Å². The summed E-state index contributed by atoms with van der Waals surface area (Å²) in [6, 6.07) is 7.70. The summed E-state index contributed by atoms with van der Waals surface area (Å²) in [5, 5.41) is 0. The van der Waals surface area contributed by atoms with Gasteiger partial charge in [0, 0.05) is 11.8 Å². The van der Waals surface area contributed by atoms with Crippen LogP contribution in [0.15, 0.2) is 24.3 Å². The normalized spacial score (nSPS) is 17.8. The van der Waals surface area contributed by atoms with Gasteiger partial charge in [-0.2, -0.15) is 0 Å². The Kier molecular flexibility index (Phi) is 10.8. The van der Waals surface area contributed by atoms with E-state index >= 15 is 0 Å². The predicted octanol–water partition coefficient (Wildman–Crippen LogP) is 7.12. The van der Waals surface area contributed by atoms with Crippen LogP contribution in [0, 0.1) is 17.3 Å². The predicted molar refractivity (Wildman–Crippen MR) is 146 cm³/mol. The van der Waals surface area contributed by atoms with Crippen molar-refractivity contribution in [3.63, 3.8) is 0 Å². The van der Waals surface area contributed by atoms with E-state index in [9.17, 15) is 14.4 Å². The summed E-state index contributed by atoms with van der Waals surface area (Å²) in [5.41, 5.74) is 0.485. The second-order valence-electron chi connectivity index (χ2n) is 11.8. The van der Waals surface area contributed by atoms with Crippen LogP contribution < -0.4 is 4.90 Å². The SMILES string of the molecule is [B]C(=O)C(C)(C)CC(C)(C)c1ccc(N2C(=O)CC(C(CCCC)CCCCCCC)C2=O)cc1. The van der Waals surface area contributed by atoms with E-state index in [1.807, 2.05) is 38.1 Å². The number of unbranched alkanes of at least 4 members (excludes halogenated alkanes) is 5. The van der Waals surface area contributed by atoms with Crippen molar-refractivity contribution in [2.45, 2.75) is 118 Å². The number of benzene rings is 1. The molecule has 0 aromatic heterocycles. The molecular formula is C30H46BNO3. The zero-order valence-electron chi connectivity index (χ0n) is 23.0. The van der Waals surface area contributed by atoms with Crippen LogP contribution >= 0.6 is 0 Å². The molecule has 1 fully saturated rings. The number of carbonyl (C=O) groups excluding carboxylic acids is 3. The first-order valence-electron chi connectivity index (χ1n) is 13.7. The molecule has 1 saturated heterocycles. The average molecular weight is 480 g/mol. The molecule has 1 heterocycles. The summed E-state index contributed by atoms with van der Waals surface area (Å²) >= 11 is 0. The first-order chi connectivity index (χ1) is 16.4. The topological polar surface area (TPSA) is 54.5 Å². The lowest BCUT2D eigenvalue weighted by molar-refractivity contribution is -0.123. The maximum Gasteiger partial charge on any atom is 0.237 e. The lowest BCUT2D eigenvalue weighted by Gasteiger charge is -2.34. The highest BCUT2D eigenvalue weighted by Crippen LogP contribution is 2.39. The number of carbonyl (C=O) groups is 3. The van der Waals surface area contributed by atoms with Crippen molar-refractivity contribution in [1.29, 1.82) is 0 Å². The minimum Gasteiger partial charge on any atom is -0.312 e. The molecule has 1 aliphatic heterocycles. The summed E-state index contributed by atoms with van der Waals surface area (Å²) in [4.78, 5) is 39.7. The fourth-order valence-corrected chi connectivity index (χ4v) is 5.67. The van der Waals surface area contributed by atoms with Crippen molar-refractivity contribution < 1.29 is 14.4 Å². The highest BCUT2D eigenvalue weighted by atomic mass is 16.2. The number of rotatable bonds is 15. The van der Waals surface area contributed by atoms with E-state index in [1.54, 1.807) is 0 Å². The lowest BCUT2D eigenvalue weighted by atomic mass is 9.66. The Morgan fingerprint density at radius 1 is 0.943 bits per heavy atom. The Morgan fingerprint density at radius 3 is 2.09 bits per heavy atom. The van der Waals surface area contributed by atoms with E-state index in [4.69, 9.17) is 7.85 Å². The molecule has 0 aliphatic carbocycles. The Balaban J connectivity index is 2.14. The summed E-state index contributed by atoms with van der Waals surface area (Å²) in [6.45, 7) is 12.3. The third kappa shape index (κ3) is 7.79. The molecular weight excluding hydrogens is 433 g/mol. The molecule has 0 N–H and O–H groups in total. The standard InChI is InChI=1S/C30H46BNO3/c1-7-9-11-12-13-15-22(14-10-8-2)25-20-26(33)32(27(25)34)24-18-16-23(17-19-24)29(3,4)21-30(5,6)28(31)35/h16-19,22,25H,7-15,20-21H2,1-6H3. The molecule has 5 heteroatoms. The molecule has 1 aliphatic rings. The number of imide groups is 1. The molecule has 2 radical (unpaired) electrons. The van der Waals surface area contributed by atoms with Gasteiger partial charge in [-0.15, -0.1) is 0 Å². The Morgan fingerprint density at radius 2 is 1.51 bits per heavy atom. The highest BCUT2D eigenvalue weighted by Gasteiger charge is 2.43. The van der Waals surface area contributed by atoms with Crippen molar-refractivity contribution in [3.05, 3.63) is 29.8 Å². The molecule has 2 atom stereocenters. The molecule has 35 heavy (non-hydrogen) atoms. The van der Waals surface area contributed by atoms with Gasteiger partial charge in [-0.05, 0) is 48.3 Å². The van der Waals surface area contributed by atoms with Crippen LogP contribution in [0.2, 0.25) is 0 Å². The largest absolute Gasteiger partial charge is 0.312 e. The first kappa shape index (κ1) is 29.3. The van der Waals surface area contributed by atoms with Crippen LogP contribution in [0.5, 0.6) is 0 Å². The zero-order chi connectivity index (χ0) is 26.2. The van der Waals surface area contributed by atoms with Crippen LogP contribution in [0.1, 0.15) is 118 Å². The lowest BCUT2D eigenvalue weighted by Crippen LogP contribution is -2.33. The maximum absolute atomic E-state index is 13.5. The van der Waals surface area contributed by atoms with Crippen LogP contribution in [0.4, 0.5) is 5.69 Å². The molecule has 1 aromatic carbocycles. The van der Waals surface area contributed by atoms with Crippen molar-refractivity contribution in [1.82, 2.24) is 0 Å². The molecule has 0 bridgehead atoms. The fourth-order valence-electron chi connectivity index (χ4n) is 5.67. The van der Waals surface area contributed by atoms with E-state index in [0.29, 0.717) is 18.5 Å². The Bertz CT molecular complexity index is 859. The van der Waals surface area contributed by atoms with Crippen LogP contribution in [0.25, 0.3) is 0 Å². The smallest absolute Gasteiger partial charge is 0.237 e. The Hall–Kier alpha value is -1.91. The van der Waals surface area contributed by atoms with E-state index in [0.717, 1.165) is 37.7 Å². The highest BCUT2D eigenvalue weighted by molar-refractivity contribution is 6.58. The summed E-state index contributed by atoms with van der Waals surface area (Å²) in [5.74, 6) is -0.0409. The molecule has 2 unspecified atom stereocenters. The summed E-state index contributed by atoms with van der Waals surface area (Å²) in [7, 11) is 5.59. The molecule has 4 nitrogen and oxygen atoms in total. The van der Waals surface area contributed by atoms with Crippen molar-refractivity contribution in [2.75, 3.05) is 4.90 Å². The quantitative estimate of drug-likeness (QED) is 0.153. The van der Waals surface area contributed by atoms with Crippen molar-refractivity contribution >= 4 is 31.0 Å². The number of hydrogen-bond donors (Lipinski definition) is 0. The summed E-state index contributed by atoms with van der Waals surface area (Å²) in [6.07, 6.45) is 11.3. The van der Waals surface area contributed by atoms with Crippen molar-refractivity contribution in [3.8, 4) is 0 Å². The van der Waals surface area contributed by atoms with Gasteiger partial charge in [0.05, 0.1) is 17.3 Å². The monoisotopic (exact) mass is 479 g/mol. The van der Waals surface area contributed by atoms with Gasteiger partial charge in [0.25, 0.3) is 0 Å². The van der Waals surface area contributed by atoms with Gasteiger partial charge in [-0.25, -0.2) is 0 Å². The number of hydrogen-bond acceptors (Lipinski definition) is 3. The van der Waals surface area contributed by atoms with E-state index < -0.39 is 5.41 Å². The van der Waals surface area contributed by atoms with E-state index in [2.05, 4.69) is 27.7 Å². The average Bonchev–Trinajstić information content (AvgIpc) is 3.08. The van der Waals surface area contributed by atoms with Crippen LogP contribution in [-0.2, 0) is 19.8 Å². The van der Waals surface area contributed by atoms with Gasteiger partial charge in [-0.1, -0.05) is 98.6 Å². The van der Waals surface area contributed by atoms with Gasteiger partial charge < -0.3 is 4.79 Å². The molecule has 192 valence electrons. The third-order valence-electron chi connectivity index (χ3n) is 7.82. The van der Waals surface area contributed by atoms with Gasteiger partial charge in [0.2, 0.25) is 11.8 Å². The Labute approximate surface area is 215 Å². The second kappa shape index (κ2) is 12.9. The van der Waals surface area contributed by atoms with Gasteiger partial charge in [0.1, 0.15) is 0 Å². The van der Waals surface area contributed by atoms with Crippen molar-refractivity contribution in [2.24, 2.45) is 17.3 Å². The minimum atomic E-state index is -0.625. The van der Waals surface area contributed by atoms with Crippen LogP contribution in [0.3, 0.4) is 0 Å². The molecule has 0 saturated carbocycles. The first-order valence-corrected chi connectivity index (χ1v) is 13.7. The van der Waals surface area contributed by atoms with Gasteiger partial charge in [0.15, 0.2) is 7.85 Å². The second-order valence-corrected chi connectivity index (χ2v) is 11.8. The summed E-state index contributed by atoms with van der Waals surface area (Å²) < 4.78 is 0. The number of anilines is 1. The maximum atomic E-state index is 13.5. The fraction of sp³-hybridized carbons (Fsp3) is 0.700. The van der Waals surface area contributed by atoms with Gasteiger partial charge >= 0.3 is 0 Å². The zero-order valence-corrected chi connectivity index (χ0v) is 23.0. The molecule has 0 spiro atoms. The van der Waals surface area contributed by atoms with Gasteiger partial charge in [-0.3, -0.25) is 14.5 Å². The number of nitrogens with zero attached hydrogens (tertiary/aromatic N) is 1. The number of amides is 2. The van der Waals surface area contributed by atoms with E-state index in [-0.39, 0.29) is 34.7 Å². The minimum absolute atomic E-state index is 0.0356. The molecule has 1 aromatic rings.